The minimum Gasteiger partial charge on any atom is -0.490 e. The summed E-state index contributed by atoms with van der Waals surface area (Å²) < 4.78 is 12.9. The van der Waals surface area contributed by atoms with Gasteiger partial charge in [0.1, 0.15) is 6.61 Å². The van der Waals surface area contributed by atoms with Crippen molar-refractivity contribution < 1.29 is 9.47 Å². The van der Waals surface area contributed by atoms with Gasteiger partial charge < -0.3 is 14.8 Å². The Hall–Kier alpha value is -2.17. The third-order valence-corrected chi connectivity index (χ3v) is 5.56. The van der Waals surface area contributed by atoms with Crippen LogP contribution in [0.4, 0.5) is 5.69 Å². The molecule has 0 saturated heterocycles. The van der Waals surface area contributed by atoms with Crippen molar-refractivity contribution in [2.24, 2.45) is 0 Å². The quantitative estimate of drug-likeness (QED) is 0.371. The molecule has 5 heteroatoms. The summed E-state index contributed by atoms with van der Waals surface area (Å²) in [7, 11) is 0. The average Bonchev–Trinajstić information content (AvgIpc) is 2.70. The first-order valence-corrected chi connectivity index (χ1v) is 10.8. The number of benzene rings is 3. The predicted octanol–water partition coefficient (Wildman–Crippen LogP) is 7.31. The molecular weight excluding hydrogens is 450 g/mol. The van der Waals surface area contributed by atoms with Gasteiger partial charge in [-0.25, -0.2) is 0 Å². The summed E-state index contributed by atoms with van der Waals surface area (Å²) in [6, 6.07) is 18.2. The minimum absolute atomic E-state index is 0.424. The summed E-state index contributed by atoms with van der Waals surface area (Å²) in [4.78, 5) is 0. The first-order valence-electron chi connectivity index (χ1n) is 9.60. The second-order valence-corrected chi connectivity index (χ2v) is 8.18. The van der Waals surface area contributed by atoms with Crippen molar-refractivity contribution in [1.29, 1.82) is 0 Å². The molecule has 0 spiro atoms. The highest BCUT2D eigenvalue weighted by molar-refractivity contribution is 9.10. The van der Waals surface area contributed by atoms with E-state index in [2.05, 4.69) is 53.3 Å². The maximum atomic E-state index is 6.56. The van der Waals surface area contributed by atoms with Crippen molar-refractivity contribution in [2.45, 2.75) is 33.9 Å². The lowest BCUT2D eigenvalue weighted by Gasteiger charge is -2.17. The molecule has 0 fully saturated rings. The van der Waals surface area contributed by atoms with E-state index in [1.54, 1.807) is 0 Å². The van der Waals surface area contributed by atoms with Gasteiger partial charge in [0.2, 0.25) is 0 Å². The number of hydrogen-bond donors (Lipinski definition) is 1. The van der Waals surface area contributed by atoms with Crippen molar-refractivity contribution in [3.05, 3.63) is 86.3 Å². The number of hydrogen-bond acceptors (Lipinski definition) is 3. The van der Waals surface area contributed by atoms with Gasteiger partial charge in [0.15, 0.2) is 11.5 Å². The van der Waals surface area contributed by atoms with Crippen LogP contribution in [0.3, 0.4) is 0 Å². The topological polar surface area (TPSA) is 30.5 Å². The lowest BCUT2D eigenvalue weighted by Crippen LogP contribution is -2.05. The van der Waals surface area contributed by atoms with E-state index in [0.717, 1.165) is 21.3 Å². The lowest BCUT2D eigenvalue weighted by molar-refractivity contribution is 0.269. The lowest BCUT2D eigenvalue weighted by atomic mass is 10.1. The van der Waals surface area contributed by atoms with E-state index in [0.29, 0.717) is 36.3 Å². The van der Waals surface area contributed by atoms with Gasteiger partial charge in [0.25, 0.3) is 0 Å². The van der Waals surface area contributed by atoms with Gasteiger partial charge >= 0.3 is 0 Å². The third-order valence-electron chi connectivity index (χ3n) is 4.75. The molecule has 0 aromatic heterocycles. The molecule has 29 heavy (non-hydrogen) atoms. The van der Waals surface area contributed by atoms with E-state index in [9.17, 15) is 0 Å². The fourth-order valence-corrected chi connectivity index (χ4v) is 3.55. The molecule has 3 aromatic rings. The molecule has 3 rings (SSSR count). The molecule has 0 saturated carbocycles. The standard InChI is InChI=1S/C24H25BrClNO2/c1-4-28-23-13-19(14-27-22-7-5-6-16(2)17(22)3)12-21(26)24(23)29-15-18-8-10-20(25)11-9-18/h5-13,27H,4,14-15H2,1-3H3. The largest absolute Gasteiger partial charge is 0.490 e. The molecule has 0 aliphatic heterocycles. The van der Waals surface area contributed by atoms with E-state index in [1.165, 1.54) is 11.1 Å². The maximum absolute atomic E-state index is 6.56. The van der Waals surface area contributed by atoms with Crippen LogP contribution in [0.25, 0.3) is 0 Å². The van der Waals surface area contributed by atoms with Crippen LogP contribution in [0.1, 0.15) is 29.2 Å². The van der Waals surface area contributed by atoms with Crippen molar-refractivity contribution >= 4 is 33.2 Å². The minimum atomic E-state index is 0.424. The van der Waals surface area contributed by atoms with E-state index in [4.69, 9.17) is 21.1 Å². The molecule has 152 valence electrons. The molecule has 0 atom stereocenters. The highest BCUT2D eigenvalue weighted by Gasteiger charge is 2.13. The van der Waals surface area contributed by atoms with Crippen LogP contribution in [0.5, 0.6) is 11.5 Å². The van der Waals surface area contributed by atoms with Crippen LogP contribution in [0.2, 0.25) is 5.02 Å². The molecule has 0 aliphatic rings. The molecule has 3 nitrogen and oxygen atoms in total. The van der Waals surface area contributed by atoms with Gasteiger partial charge in [-0.05, 0) is 73.4 Å². The van der Waals surface area contributed by atoms with Crippen molar-refractivity contribution in [2.75, 3.05) is 11.9 Å². The van der Waals surface area contributed by atoms with E-state index in [-0.39, 0.29) is 0 Å². The predicted molar refractivity (Wildman–Crippen MR) is 124 cm³/mol. The summed E-state index contributed by atoms with van der Waals surface area (Å²) >= 11 is 10.0. The molecular formula is C24H25BrClNO2. The number of rotatable bonds is 8. The van der Waals surface area contributed by atoms with E-state index >= 15 is 0 Å². The zero-order chi connectivity index (χ0) is 20.8. The Balaban J connectivity index is 1.76. The summed E-state index contributed by atoms with van der Waals surface area (Å²) in [5.74, 6) is 1.24. The van der Waals surface area contributed by atoms with Crippen molar-refractivity contribution in [3.8, 4) is 11.5 Å². The Kier molecular flexibility index (Phi) is 7.45. The zero-order valence-electron chi connectivity index (χ0n) is 16.9. The number of halogens is 2. The van der Waals surface area contributed by atoms with Crippen LogP contribution < -0.4 is 14.8 Å². The Labute approximate surface area is 186 Å². The number of anilines is 1. The number of nitrogens with one attached hydrogen (secondary N) is 1. The highest BCUT2D eigenvalue weighted by atomic mass is 79.9. The smallest absolute Gasteiger partial charge is 0.180 e. The van der Waals surface area contributed by atoms with Gasteiger partial charge in [-0.1, -0.05) is 51.8 Å². The van der Waals surface area contributed by atoms with Crippen LogP contribution in [-0.4, -0.2) is 6.61 Å². The van der Waals surface area contributed by atoms with Gasteiger partial charge in [0.05, 0.1) is 11.6 Å². The molecule has 1 N–H and O–H groups in total. The molecule has 0 heterocycles. The first kappa shape index (κ1) is 21.5. The maximum Gasteiger partial charge on any atom is 0.180 e. The summed E-state index contributed by atoms with van der Waals surface area (Å²) in [6.07, 6.45) is 0. The molecule has 0 radical (unpaired) electrons. The van der Waals surface area contributed by atoms with E-state index < -0.39 is 0 Å². The molecule has 0 amide bonds. The Morgan fingerprint density at radius 3 is 2.45 bits per heavy atom. The molecule has 0 aliphatic carbocycles. The number of ether oxygens (including phenoxy) is 2. The Morgan fingerprint density at radius 1 is 0.966 bits per heavy atom. The fraction of sp³-hybridized carbons (Fsp3) is 0.250. The summed E-state index contributed by atoms with van der Waals surface area (Å²) in [5.41, 5.74) is 5.73. The van der Waals surface area contributed by atoms with Crippen LogP contribution >= 0.6 is 27.5 Å². The van der Waals surface area contributed by atoms with Crippen molar-refractivity contribution in [3.63, 3.8) is 0 Å². The molecule has 0 bridgehead atoms. The zero-order valence-corrected chi connectivity index (χ0v) is 19.2. The van der Waals surface area contributed by atoms with Crippen molar-refractivity contribution in [1.82, 2.24) is 0 Å². The van der Waals surface area contributed by atoms with Gasteiger partial charge in [-0.2, -0.15) is 0 Å². The normalized spacial score (nSPS) is 10.7. The average molecular weight is 475 g/mol. The van der Waals surface area contributed by atoms with Crippen LogP contribution in [-0.2, 0) is 13.2 Å². The van der Waals surface area contributed by atoms with E-state index in [1.807, 2.05) is 43.3 Å². The Bertz CT molecular complexity index is 973. The first-order chi connectivity index (χ1) is 14.0. The van der Waals surface area contributed by atoms with Gasteiger partial charge in [-0.15, -0.1) is 0 Å². The molecule has 3 aromatic carbocycles. The Morgan fingerprint density at radius 2 is 1.72 bits per heavy atom. The SMILES string of the molecule is CCOc1cc(CNc2cccc(C)c2C)cc(Cl)c1OCc1ccc(Br)cc1. The second-order valence-electron chi connectivity index (χ2n) is 6.85. The second kappa shape index (κ2) is 10.0. The van der Waals surface area contributed by atoms with Gasteiger partial charge in [0, 0.05) is 16.7 Å². The van der Waals surface area contributed by atoms with Crippen LogP contribution in [0, 0.1) is 13.8 Å². The molecule has 0 unspecified atom stereocenters. The highest BCUT2D eigenvalue weighted by Crippen LogP contribution is 2.37. The number of aryl methyl sites for hydroxylation is 1. The fourth-order valence-electron chi connectivity index (χ4n) is 3.00. The third kappa shape index (κ3) is 5.68. The van der Waals surface area contributed by atoms with Crippen LogP contribution in [0.15, 0.2) is 59.1 Å². The monoisotopic (exact) mass is 473 g/mol. The van der Waals surface area contributed by atoms with Gasteiger partial charge in [-0.3, -0.25) is 0 Å². The summed E-state index contributed by atoms with van der Waals surface area (Å²) in [6.45, 7) is 7.80. The summed E-state index contributed by atoms with van der Waals surface area (Å²) in [5, 5.41) is 4.04.